The molecule has 1 rings (SSSR count). The molecule has 0 aromatic heterocycles. The molecule has 0 aromatic carbocycles. The van der Waals surface area contributed by atoms with Crippen molar-refractivity contribution >= 4 is 5.97 Å². The molecule has 1 aliphatic rings. The summed E-state index contributed by atoms with van der Waals surface area (Å²) in [5.41, 5.74) is -0.767. The second kappa shape index (κ2) is 8.74. The quantitative estimate of drug-likeness (QED) is 0.608. The fourth-order valence-electron chi connectivity index (χ4n) is 3.41. The number of hydrogen-bond donors (Lipinski definition) is 2. The highest BCUT2D eigenvalue weighted by molar-refractivity contribution is 5.78. The van der Waals surface area contributed by atoms with E-state index < -0.39 is 11.5 Å². The number of likely N-dealkylation sites (tertiary alicyclic amines) is 1. The summed E-state index contributed by atoms with van der Waals surface area (Å²) >= 11 is 0. The highest BCUT2D eigenvalue weighted by atomic mass is 16.4. The SMILES string of the molecule is CCCNC(C)(CCCCN1C(C)CCC1CC)C(=O)O. The minimum Gasteiger partial charge on any atom is -0.480 e. The number of rotatable bonds is 10. The summed E-state index contributed by atoms with van der Waals surface area (Å²) in [4.78, 5) is 14.1. The molecule has 4 heteroatoms. The maximum Gasteiger partial charge on any atom is 0.323 e. The van der Waals surface area contributed by atoms with Crippen LogP contribution in [0.4, 0.5) is 0 Å². The molecule has 1 fully saturated rings. The van der Waals surface area contributed by atoms with Gasteiger partial charge in [-0.15, -0.1) is 0 Å². The van der Waals surface area contributed by atoms with Crippen molar-refractivity contribution < 1.29 is 9.90 Å². The first-order chi connectivity index (χ1) is 9.94. The Morgan fingerprint density at radius 3 is 2.62 bits per heavy atom. The molecule has 0 amide bonds. The van der Waals surface area contributed by atoms with E-state index in [1.165, 1.54) is 19.3 Å². The molecule has 1 heterocycles. The van der Waals surface area contributed by atoms with Gasteiger partial charge >= 0.3 is 5.97 Å². The Labute approximate surface area is 130 Å². The van der Waals surface area contributed by atoms with Gasteiger partial charge in [-0.25, -0.2) is 0 Å². The first kappa shape index (κ1) is 18.4. The summed E-state index contributed by atoms with van der Waals surface area (Å²) < 4.78 is 0. The number of unbranched alkanes of at least 4 members (excludes halogenated alkanes) is 1. The molecule has 0 spiro atoms. The fraction of sp³-hybridized carbons (Fsp3) is 0.941. The number of carboxylic acid groups (broad SMARTS) is 1. The third-order valence-electron chi connectivity index (χ3n) is 5.00. The Morgan fingerprint density at radius 2 is 2.05 bits per heavy atom. The highest BCUT2D eigenvalue weighted by Crippen LogP contribution is 2.26. The van der Waals surface area contributed by atoms with E-state index >= 15 is 0 Å². The van der Waals surface area contributed by atoms with Gasteiger partial charge in [-0.2, -0.15) is 0 Å². The molecule has 0 radical (unpaired) electrons. The van der Waals surface area contributed by atoms with E-state index in [0.717, 1.165) is 38.4 Å². The van der Waals surface area contributed by atoms with Crippen LogP contribution in [0.2, 0.25) is 0 Å². The lowest BCUT2D eigenvalue weighted by molar-refractivity contribution is -0.144. The molecule has 124 valence electrons. The number of aliphatic carboxylic acids is 1. The van der Waals surface area contributed by atoms with Crippen molar-refractivity contribution in [3.63, 3.8) is 0 Å². The smallest absolute Gasteiger partial charge is 0.323 e. The Hall–Kier alpha value is -0.610. The summed E-state index contributed by atoms with van der Waals surface area (Å²) in [6, 6.07) is 1.43. The first-order valence-electron chi connectivity index (χ1n) is 8.68. The zero-order valence-corrected chi connectivity index (χ0v) is 14.3. The van der Waals surface area contributed by atoms with Gasteiger partial charge in [0.05, 0.1) is 0 Å². The minimum atomic E-state index is -0.767. The van der Waals surface area contributed by atoms with Gasteiger partial charge in [0.15, 0.2) is 0 Å². The Morgan fingerprint density at radius 1 is 1.33 bits per heavy atom. The second-order valence-corrected chi connectivity index (χ2v) is 6.75. The molecule has 0 bridgehead atoms. The lowest BCUT2D eigenvalue weighted by atomic mass is 9.94. The topological polar surface area (TPSA) is 52.6 Å². The van der Waals surface area contributed by atoms with Gasteiger partial charge in [-0.3, -0.25) is 9.69 Å². The monoisotopic (exact) mass is 298 g/mol. The van der Waals surface area contributed by atoms with E-state index in [2.05, 4.69) is 31.0 Å². The van der Waals surface area contributed by atoms with Crippen molar-refractivity contribution in [2.24, 2.45) is 0 Å². The number of carbonyl (C=O) groups is 1. The summed E-state index contributed by atoms with van der Waals surface area (Å²) in [7, 11) is 0. The zero-order valence-electron chi connectivity index (χ0n) is 14.3. The number of nitrogens with one attached hydrogen (secondary N) is 1. The first-order valence-corrected chi connectivity index (χ1v) is 8.68. The van der Waals surface area contributed by atoms with Crippen LogP contribution < -0.4 is 5.32 Å². The van der Waals surface area contributed by atoms with Crippen LogP contribution in [0.15, 0.2) is 0 Å². The lowest BCUT2D eigenvalue weighted by Gasteiger charge is -2.29. The predicted octanol–water partition coefficient (Wildman–Crippen LogP) is 3.26. The van der Waals surface area contributed by atoms with E-state index in [0.29, 0.717) is 12.5 Å². The molecule has 0 aromatic rings. The maximum absolute atomic E-state index is 11.5. The van der Waals surface area contributed by atoms with Crippen molar-refractivity contribution in [3.05, 3.63) is 0 Å². The van der Waals surface area contributed by atoms with Gasteiger partial charge < -0.3 is 10.4 Å². The normalized spacial score (nSPS) is 25.9. The van der Waals surface area contributed by atoms with Gasteiger partial charge in [0.2, 0.25) is 0 Å². The number of nitrogens with zero attached hydrogens (tertiary/aromatic N) is 1. The molecule has 0 saturated carbocycles. The molecule has 3 atom stereocenters. The van der Waals surface area contributed by atoms with Crippen LogP contribution in [-0.4, -0.2) is 46.7 Å². The van der Waals surface area contributed by atoms with E-state index in [-0.39, 0.29) is 0 Å². The van der Waals surface area contributed by atoms with Crippen molar-refractivity contribution in [2.75, 3.05) is 13.1 Å². The summed E-state index contributed by atoms with van der Waals surface area (Å²) in [5.74, 6) is -0.725. The van der Waals surface area contributed by atoms with Crippen LogP contribution in [0.25, 0.3) is 0 Å². The van der Waals surface area contributed by atoms with Crippen LogP contribution in [0, 0.1) is 0 Å². The highest BCUT2D eigenvalue weighted by Gasteiger charge is 2.32. The van der Waals surface area contributed by atoms with Crippen molar-refractivity contribution in [1.82, 2.24) is 10.2 Å². The summed E-state index contributed by atoms with van der Waals surface area (Å²) in [5, 5.41) is 12.6. The van der Waals surface area contributed by atoms with Crippen LogP contribution in [0.3, 0.4) is 0 Å². The minimum absolute atomic E-state index is 0.694. The Bertz CT molecular complexity index is 322. The van der Waals surface area contributed by atoms with Crippen LogP contribution >= 0.6 is 0 Å². The average Bonchev–Trinajstić information content (AvgIpc) is 2.81. The van der Waals surface area contributed by atoms with Crippen molar-refractivity contribution in [1.29, 1.82) is 0 Å². The standard InChI is InChI=1S/C17H34N2O2/c1-5-12-18-17(4,16(20)21)11-7-8-13-19-14(3)9-10-15(19)6-2/h14-15,18H,5-13H2,1-4H3,(H,20,21). The number of carboxylic acids is 1. The molecule has 2 N–H and O–H groups in total. The van der Waals surface area contributed by atoms with Crippen LogP contribution in [-0.2, 0) is 4.79 Å². The number of hydrogen-bond acceptors (Lipinski definition) is 3. The van der Waals surface area contributed by atoms with Gasteiger partial charge in [-0.1, -0.05) is 13.8 Å². The van der Waals surface area contributed by atoms with Crippen molar-refractivity contribution in [3.8, 4) is 0 Å². The average molecular weight is 298 g/mol. The fourth-order valence-corrected chi connectivity index (χ4v) is 3.41. The van der Waals surface area contributed by atoms with Crippen LogP contribution in [0.1, 0.15) is 72.6 Å². The molecular weight excluding hydrogens is 264 g/mol. The van der Waals surface area contributed by atoms with Crippen LogP contribution in [0.5, 0.6) is 0 Å². The lowest BCUT2D eigenvalue weighted by Crippen LogP contribution is -2.49. The largest absolute Gasteiger partial charge is 0.480 e. The van der Waals surface area contributed by atoms with E-state index in [1.54, 1.807) is 0 Å². The molecule has 1 aliphatic heterocycles. The Balaban J connectivity index is 2.35. The molecule has 3 unspecified atom stereocenters. The summed E-state index contributed by atoms with van der Waals surface area (Å²) in [6.45, 7) is 10.4. The molecule has 21 heavy (non-hydrogen) atoms. The third kappa shape index (κ3) is 5.26. The molecule has 4 nitrogen and oxygen atoms in total. The van der Waals surface area contributed by atoms with Gasteiger partial charge in [0.25, 0.3) is 0 Å². The van der Waals surface area contributed by atoms with E-state index in [4.69, 9.17) is 0 Å². The second-order valence-electron chi connectivity index (χ2n) is 6.75. The maximum atomic E-state index is 11.5. The molecular formula is C17H34N2O2. The molecule has 0 aliphatic carbocycles. The van der Waals surface area contributed by atoms with Crippen molar-refractivity contribution in [2.45, 2.75) is 90.3 Å². The van der Waals surface area contributed by atoms with E-state index in [1.807, 2.05) is 6.92 Å². The van der Waals surface area contributed by atoms with Gasteiger partial charge in [-0.05, 0) is 71.9 Å². The third-order valence-corrected chi connectivity index (χ3v) is 5.00. The predicted molar refractivity (Wildman–Crippen MR) is 87.7 cm³/mol. The zero-order chi connectivity index (χ0) is 15.9. The van der Waals surface area contributed by atoms with Gasteiger partial charge in [0.1, 0.15) is 5.54 Å². The van der Waals surface area contributed by atoms with Gasteiger partial charge in [0, 0.05) is 12.1 Å². The molecule has 1 saturated heterocycles. The Kier molecular flexibility index (Phi) is 7.67. The summed E-state index contributed by atoms with van der Waals surface area (Å²) in [6.07, 6.45) is 7.60. The van der Waals surface area contributed by atoms with E-state index in [9.17, 15) is 9.90 Å².